The molecule has 0 bridgehead atoms. The highest BCUT2D eigenvalue weighted by atomic mass is 16.1. The second kappa shape index (κ2) is 6.89. The van der Waals surface area contributed by atoms with Gasteiger partial charge in [-0.25, -0.2) is 0 Å². The number of carbonyl (C=O) groups is 1. The Bertz CT molecular complexity index is 516. The Morgan fingerprint density at radius 1 is 1.57 bits per heavy atom. The van der Waals surface area contributed by atoms with Crippen molar-refractivity contribution in [3.8, 4) is 0 Å². The number of aromatic nitrogens is 2. The zero-order valence-electron chi connectivity index (χ0n) is 13.5. The van der Waals surface area contributed by atoms with Gasteiger partial charge in [-0.05, 0) is 52.8 Å². The Hall–Kier alpha value is -1.62. The first-order valence-corrected chi connectivity index (χ1v) is 7.67. The standard InChI is InChI=1S/C16H26N4O/c1-12(2)20-11-13-7-5-8-14(16(13)18-20)17-15(21)9-6-10-19(3)4/h6,9,11-12,14H,5,7-8,10H2,1-4H3,(H,17,21)/b9-6+. The maximum atomic E-state index is 12.0. The van der Waals surface area contributed by atoms with Crippen LogP contribution < -0.4 is 5.32 Å². The molecule has 5 heteroatoms. The summed E-state index contributed by atoms with van der Waals surface area (Å²) in [5, 5.41) is 7.74. The Labute approximate surface area is 127 Å². The van der Waals surface area contributed by atoms with Gasteiger partial charge in [0, 0.05) is 24.9 Å². The van der Waals surface area contributed by atoms with E-state index in [9.17, 15) is 4.79 Å². The second-order valence-electron chi connectivity index (χ2n) is 6.23. The van der Waals surface area contributed by atoms with Crippen molar-refractivity contribution in [2.24, 2.45) is 0 Å². The van der Waals surface area contributed by atoms with E-state index >= 15 is 0 Å². The Morgan fingerprint density at radius 2 is 2.33 bits per heavy atom. The van der Waals surface area contributed by atoms with Crippen LogP contribution in [0.4, 0.5) is 0 Å². The van der Waals surface area contributed by atoms with Gasteiger partial charge >= 0.3 is 0 Å². The largest absolute Gasteiger partial charge is 0.344 e. The molecule has 1 N–H and O–H groups in total. The number of fused-ring (bicyclic) bond motifs is 1. The van der Waals surface area contributed by atoms with Gasteiger partial charge in [-0.3, -0.25) is 9.48 Å². The maximum absolute atomic E-state index is 12.0. The number of nitrogens with zero attached hydrogens (tertiary/aromatic N) is 3. The third-order valence-corrected chi connectivity index (χ3v) is 3.69. The molecule has 116 valence electrons. The summed E-state index contributed by atoms with van der Waals surface area (Å²) in [6.45, 7) is 5.01. The van der Waals surface area contributed by atoms with E-state index in [0.29, 0.717) is 6.04 Å². The molecule has 1 aliphatic carbocycles. The van der Waals surface area contributed by atoms with Crippen molar-refractivity contribution in [3.63, 3.8) is 0 Å². The molecule has 1 unspecified atom stereocenters. The van der Waals surface area contributed by atoms with Crippen LogP contribution in [-0.4, -0.2) is 41.2 Å². The van der Waals surface area contributed by atoms with E-state index in [4.69, 9.17) is 0 Å². The summed E-state index contributed by atoms with van der Waals surface area (Å²) >= 11 is 0. The van der Waals surface area contributed by atoms with Crippen LogP contribution in [0.25, 0.3) is 0 Å². The van der Waals surface area contributed by atoms with Gasteiger partial charge in [0.05, 0.1) is 11.7 Å². The van der Waals surface area contributed by atoms with Crippen LogP contribution in [0.5, 0.6) is 0 Å². The monoisotopic (exact) mass is 290 g/mol. The Kier molecular flexibility index (Phi) is 5.17. The molecule has 1 atom stereocenters. The highest BCUT2D eigenvalue weighted by molar-refractivity contribution is 5.87. The van der Waals surface area contributed by atoms with Crippen LogP contribution >= 0.6 is 0 Å². The van der Waals surface area contributed by atoms with E-state index in [-0.39, 0.29) is 11.9 Å². The molecule has 2 rings (SSSR count). The minimum atomic E-state index is -0.0335. The van der Waals surface area contributed by atoms with Gasteiger partial charge in [-0.2, -0.15) is 5.10 Å². The number of aryl methyl sites for hydroxylation is 1. The molecule has 1 aromatic rings. The fourth-order valence-electron chi connectivity index (χ4n) is 2.56. The Balaban J connectivity index is 2.02. The first-order valence-electron chi connectivity index (χ1n) is 7.67. The summed E-state index contributed by atoms with van der Waals surface area (Å²) in [5.41, 5.74) is 2.32. The molecule has 0 saturated carbocycles. The van der Waals surface area contributed by atoms with Crippen molar-refractivity contribution in [1.82, 2.24) is 20.0 Å². The Morgan fingerprint density at radius 3 is 3.00 bits per heavy atom. The first kappa shape index (κ1) is 15.8. The van der Waals surface area contributed by atoms with Gasteiger partial charge in [-0.1, -0.05) is 6.08 Å². The van der Waals surface area contributed by atoms with E-state index in [1.165, 1.54) is 5.56 Å². The fraction of sp³-hybridized carbons (Fsp3) is 0.625. The van der Waals surface area contributed by atoms with Crippen LogP contribution in [0, 0.1) is 0 Å². The third-order valence-electron chi connectivity index (χ3n) is 3.69. The molecule has 0 spiro atoms. The lowest BCUT2D eigenvalue weighted by atomic mass is 9.94. The van der Waals surface area contributed by atoms with Gasteiger partial charge in [0.1, 0.15) is 0 Å². The SMILES string of the molecule is CC(C)n1cc2c(n1)C(NC(=O)/C=C/CN(C)C)CCC2. The van der Waals surface area contributed by atoms with E-state index in [1.54, 1.807) is 6.08 Å². The lowest BCUT2D eigenvalue weighted by Crippen LogP contribution is -2.30. The maximum Gasteiger partial charge on any atom is 0.244 e. The van der Waals surface area contributed by atoms with Crippen LogP contribution in [0.15, 0.2) is 18.3 Å². The van der Waals surface area contributed by atoms with Crippen molar-refractivity contribution >= 4 is 5.91 Å². The van der Waals surface area contributed by atoms with E-state index in [1.807, 2.05) is 29.8 Å². The summed E-state index contributed by atoms with van der Waals surface area (Å²) in [5.74, 6) is -0.0335. The number of likely N-dealkylation sites (N-methyl/N-ethyl adjacent to an activating group) is 1. The molecule has 0 radical (unpaired) electrons. The first-order chi connectivity index (χ1) is 9.97. The van der Waals surface area contributed by atoms with Crippen molar-refractivity contribution in [3.05, 3.63) is 29.6 Å². The molecule has 0 fully saturated rings. The minimum Gasteiger partial charge on any atom is -0.344 e. The molecule has 0 aliphatic heterocycles. The number of nitrogens with one attached hydrogen (secondary N) is 1. The second-order valence-corrected chi connectivity index (χ2v) is 6.23. The fourth-order valence-corrected chi connectivity index (χ4v) is 2.56. The van der Waals surface area contributed by atoms with Crippen LogP contribution in [0.3, 0.4) is 0 Å². The molecule has 21 heavy (non-hydrogen) atoms. The van der Waals surface area contributed by atoms with Crippen LogP contribution in [0.2, 0.25) is 0 Å². The van der Waals surface area contributed by atoms with Crippen molar-refractivity contribution < 1.29 is 4.79 Å². The van der Waals surface area contributed by atoms with Crippen LogP contribution in [-0.2, 0) is 11.2 Å². The average molecular weight is 290 g/mol. The highest BCUT2D eigenvalue weighted by Gasteiger charge is 2.25. The lowest BCUT2D eigenvalue weighted by Gasteiger charge is -2.21. The van der Waals surface area contributed by atoms with E-state index in [2.05, 4.69) is 30.5 Å². The number of carbonyl (C=O) groups excluding carboxylic acids is 1. The number of rotatable bonds is 5. The summed E-state index contributed by atoms with van der Waals surface area (Å²) in [4.78, 5) is 14.0. The van der Waals surface area contributed by atoms with Crippen LogP contribution in [0.1, 0.15) is 50.0 Å². The number of hydrogen-bond donors (Lipinski definition) is 1. The summed E-state index contributed by atoms with van der Waals surface area (Å²) in [6.07, 6.45) is 8.75. The summed E-state index contributed by atoms with van der Waals surface area (Å²) < 4.78 is 2.00. The molecule has 1 heterocycles. The molecule has 1 aliphatic rings. The van der Waals surface area contributed by atoms with E-state index < -0.39 is 0 Å². The van der Waals surface area contributed by atoms with Gasteiger partial charge in [0.15, 0.2) is 0 Å². The number of hydrogen-bond acceptors (Lipinski definition) is 3. The molecule has 1 amide bonds. The van der Waals surface area contributed by atoms with Crippen molar-refractivity contribution in [2.75, 3.05) is 20.6 Å². The minimum absolute atomic E-state index is 0.0335. The van der Waals surface area contributed by atoms with Gasteiger partial charge in [0.25, 0.3) is 0 Å². The predicted molar refractivity (Wildman–Crippen MR) is 84.1 cm³/mol. The van der Waals surface area contributed by atoms with Crippen molar-refractivity contribution in [1.29, 1.82) is 0 Å². The zero-order chi connectivity index (χ0) is 15.4. The zero-order valence-corrected chi connectivity index (χ0v) is 13.5. The van der Waals surface area contributed by atoms with Crippen molar-refractivity contribution in [2.45, 2.75) is 45.2 Å². The quantitative estimate of drug-likeness (QED) is 0.845. The summed E-state index contributed by atoms with van der Waals surface area (Å²) in [7, 11) is 3.96. The topological polar surface area (TPSA) is 50.2 Å². The molecular formula is C16H26N4O. The molecule has 0 aromatic carbocycles. The lowest BCUT2D eigenvalue weighted by molar-refractivity contribution is -0.117. The third kappa shape index (κ3) is 4.17. The van der Waals surface area contributed by atoms with Gasteiger partial charge < -0.3 is 10.2 Å². The molecule has 5 nitrogen and oxygen atoms in total. The van der Waals surface area contributed by atoms with E-state index in [0.717, 1.165) is 31.5 Å². The smallest absolute Gasteiger partial charge is 0.244 e. The number of amides is 1. The molecular weight excluding hydrogens is 264 g/mol. The molecule has 1 aromatic heterocycles. The normalized spacial score (nSPS) is 18.5. The molecule has 0 saturated heterocycles. The predicted octanol–water partition coefficient (Wildman–Crippen LogP) is 2.08. The highest BCUT2D eigenvalue weighted by Crippen LogP contribution is 2.29. The summed E-state index contributed by atoms with van der Waals surface area (Å²) in [6, 6.07) is 0.400. The van der Waals surface area contributed by atoms with Gasteiger partial charge in [0.2, 0.25) is 5.91 Å². The van der Waals surface area contributed by atoms with Gasteiger partial charge in [-0.15, -0.1) is 0 Å². The average Bonchev–Trinajstić information content (AvgIpc) is 2.83.